The van der Waals surface area contributed by atoms with Crippen molar-refractivity contribution in [2.75, 3.05) is 0 Å². The fourth-order valence-electron chi connectivity index (χ4n) is 4.57. The predicted octanol–water partition coefficient (Wildman–Crippen LogP) is 2.51. The molecule has 2 aliphatic rings. The average molecular weight is 401 g/mol. The molecule has 2 amide bonds. The molecule has 4 rings (SSSR count). The Morgan fingerprint density at radius 1 is 1.41 bits per heavy atom. The Morgan fingerprint density at radius 2 is 2.17 bits per heavy atom. The second kappa shape index (κ2) is 7.17. The number of aromatic nitrogens is 1. The average Bonchev–Trinajstić information content (AvgIpc) is 3.24. The molecule has 4 atom stereocenters. The lowest BCUT2D eigenvalue weighted by molar-refractivity contribution is -0.146. The Morgan fingerprint density at radius 3 is 2.86 bits per heavy atom. The van der Waals surface area contributed by atoms with Gasteiger partial charge < -0.3 is 20.3 Å². The van der Waals surface area contributed by atoms with Crippen LogP contribution in [0.3, 0.4) is 0 Å². The van der Waals surface area contributed by atoms with Gasteiger partial charge in [0.15, 0.2) is 0 Å². The molecule has 0 aliphatic carbocycles. The van der Waals surface area contributed by atoms with Crippen LogP contribution in [0.2, 0.25) is 0 Å². The summed E-state index contributed by atoms with van der Waals surface area (Å²) in [6.07, 6.45) is 1.76. The molecule has 2 aliphatic heterocycles. The molecule has 1 aromatic heterocycles. The van der Waals surface area contributed by atoms with Gasteiger partial charge in [0, 0.05) is 29.4 Å². The maximum Gasteiger partial charge on any atom is 0.326 e. The van der Waals surface area contributed by atoms with Gasteiger partial charge in [-0.25, -0.2) is 9.18 Å². The van der Waals surface area contributed by atoms with Crippen molar-refractivity contribution in [1.29, 1.82) is 0 Å². The van der Waals surface area contributed by atoms with Gasteiger partial charge in [0.25, 0.3) is 0 Å². The number of benzene rings is 1. The third kappa shape index (κ3) is 3.16. The molecule has 1 aromatic carbocycles. The quantitative estimate of drug-likeness (QED) is 0.716. The van der Waals surface area contributed by atoms with Crippen LogP contribution in [0.4, 0.5) is 4.39 Å². The summed E-state index contributed by atoms with van der Waals surface area (Å²) >= 11 is 0. The smallest absolute Gasteiger partial charge is 0.326 e. The van der Waals surface area contributed by atoms with E-state index in [2.05, 4.69) is 10.3 Å². The molecule has 0 spiro atoms. The van der Waals surface area contributed by atoms with Crippen LogP contribution in [0.15, 0.2) is 18.2 Å². The van der Waals surface area contributed by atoms with E-state index < -0.39 is 24.0 Å². The summed E-state index contributed by atoms with van der Waals surface area (Å²) < 4.78 is 13.7. The minimum atomic E-state index is -1.09. The van der Waals surface area contributed by atoms with E-state index in [1.807, 2.05) is 6.92 Å². The van der Waals surface area contributed by atoms with Gasteiger partial charge in [-0.15, -0.1) is 0 Å². The summed E-state index contributed by atoms with van der Waals surface area (Å²) in [5, 5.41) is 13.0. The van der Waals surface area contributed by atoms with E-state index in [-0.39, 0.29) is 30.1 Å². The lowest BCUT2D eigenvalue weighted by atomic mass is 9.91. The number of fused-ring (bicyclic) bond motifs is 5. The number of aliphatic carboxylic acids is 1. The standard InChI is InChI=1S/C21H24FN3O4/c1-3-10(2)18(21(28)29)24-20(27)16-9-13-12-5-4-11(22)8-14(12)23-19(13)15-6-7-17(26)25(15)16/h4-5,8,10,15-16,18,23H,3,6-7,9H2,1-2H3,(H,24,27)(H,28,29)/t10-,15+,16-,18-/m0/s1. The van der Waals surface area contributed by atoms with E-state index in [9.17, 15) is 23.9 Å². The monoisotopic (exact) mass is 401 g/mol. The van der Waals surface area contributed by atoms with Gasteiger partial charge in [-0.3, -0.25) is 9.59 Å². The zero-order chi connectivity index (χ0) is 20.9. The third-order valence-electron chi connectivity index (χ3n) is 6.30. The van der Waals surface area contributed by atoms with E-state index in [1.54, 1.807) is 17.9 Å². The molecule has 8 heteroatoms. The number of rotatable bonds is 5. The highest BCUT2D eigenvalue weighted by Crippen LogP contribution is 2.43. The predicted molar refractivity (Wildman–Crippen MR) is 104 cm³/mol. The lowest BCUT2D eigenvalue weighted by Gasteiger charge is -2.37. The molecule has 0 unspecified atom stereocenters. The van der Waals surface area contributed by atoms with Crippen molar-refractivity contribution < 1.29 is 23.9 Å². The molecule has 2 aromatic rings. The molecule has 0 bridgehead atoms. The number of hydrogen-bond donors (Lipinski definition) is 3. The van der Waals surface area contributed by atoms with Gasteiger partial charge in [-0.05, 0) is 36.1 Å². The van der Waals surface area contributed by atoms with Crippen LogP contribution >= 0.6 is 0 Å². The van der Waals surface area contributed by atoms with Crippen LogP contribution in [0, 0.1) is 11.7 Å². The van der Waals surface area contributed by atoms with Crippen molar-refractivity contribution in [3.8, 4) is 0 Å². The highest BCUT2D eigenvalue weighted by molar-refractivity contribution is 5.94. The first kappa shape index (κ1) is 19.4. The third-order valence-corrected chi connectivity index (χ3v) is 6.30. The molecule has 154 valence electrons. The molecule has 3 N–H and O–H groups in total. The Labute approximate surface area is 167 Å². The molecule has 7 nitrogen and oxygen atoms in total. The lowest BCUT2D eigenvalue weighted by Crippen LogP contribution is -2.56. The normalized spacial score (nSPS) is 22.9. The Hall–Kier alpha value is -2.90. The number of carboxylic acid groups (broad SMARTS) is 1. The van der Waals surface area contributed by atoms with E-state index in [0.717, 1.165) is 16.6 Å². The topological polar surface area (TPSA) is 103 Å². The Balaban J connectivity index is 1.71. The maximum absolute atomic E-state index is 13.7. The van der Waals surface area contributed by atoms with Gasteiger partial charge in [0.2, 0.25) is 11.8 Å². The first-order valence-corrected chi connectivity index (χ1v) is 9.96. The minimum absolute atomic E-state index is 0.124. The van der Waals surface area contributed by atoms with Crippen LogP contribution < -0.4 is 5.32 Å². The maximum atomic E-state index is 13.7. The molecule has 1 fully saturated rings. The van der Waals surface area contributed by atoms with Crippen molar-refractivity contribution in [2.45, 2.75) is 57.7 Å². The number of nitrogens with zero attached hydrogens (tertiary/aromatic N) is 1. The first-order valence-electron chi connectivity index (χ1n) is 9.96. The molecule has 0 saturated carbocycles. The fraction of sp³-hybridized carbons (Fsp3) is 0.476. The number of carboxylic acids is 1. The van der Waals surface area contributed by atoms with Crippen LogP contribution in [0.25, 0.3) is 10.9 Å². The molecular weight excluding hydrogens is 377 g/mol. The molecular formula is C21H24FN3O4. The Bertz CT molecular complexity index is 1000. The summed E-state index contributed by atoms with van der Waals surface area (Å²) in [5.41, 5.74) is 2.38. The van der Waals surface area contributed by atoms with Crippen molar-refractivity contribution in [1.82, 2.24) is 15.2 Å². The van der Waals surface area contributed by atoms with Crippen LogP contribution in [-0.2, 0) is 20.8 Å². The summed E-state index contributed by atoms with van der Waals surface area (Å²) in [4.78, 5) is 42.1. The van der Waals surface area contributed by atoms with Crippen LogP contribution in [0.5, 0.6) is 0 Å². The van der Waals surface area contributed by atoms with Crippen LogP contribution in [-0.4, -0.2) is 44.9 Å². The zero-order valence-electron chi connectivity index (χ0n) is 16.4. The van der Waals surface area contributed by atoms with E-state index in [1.165, 1.54) is 12.1 Å². The molecule has 29 heavy (non-hydrogen) atoms. The first-order chi connectivity index (χ1) is 13.8. The van der Waals surface area contributed by atoms with Crippen molar-refractivity contribution in [3.63, 3.8) is 0 Å². The van der Waals surface area contributed by atoms with Crippen LogP contribution in [0.1, 0.15) is 50.4 Å². The number of carbonyl (C=O) groups excluding carboxylic acids is 2. The highest BCUT2D eigenvalue weighted by Gasteiger charge is 2.46. The van der Waals surface area contributed by atoms with Crippen molar-refractivity contribution in [2.24, 2.45) is 5.92 Å². The molecule has 3 heterocycles. The minimum Gasteiger partial charge on any atom is -0.480 e. The van der Waals surface area contributed by atoms with Gasteiger partial charge in [-0.2, -0.15) is 0 Å². The van der Waals surface area contributed by atoms with E-state index in [0.29, 0.717) is 24.8 Å². The van der Waals surface area contributed by atoms with E-state index >= 15 is 0 Å². The molecule has 0 radical (unpaired) electrons. The van der Waals surface area contributed by atoms with E-state index in [4.69, 9.17) is 0 Å². The second-order valence-electron chi connectivity index (χ2n) is 7.99. The summed E-state index contributed by atoms with van der Waals surface area (Å²) in [6, 6.07) is 2.39. The number of H-pyrrole nitrogens is 1. The summed E-state index contributed by atoms with van der Waals surface area (Å²) in [5.74, 6) is -2.27. The fourth-order valence-corrected chi connectivity index (χ4v) is 4.57. The summed E-state index contributed by atoms with van der Waals surface area (Å²) in [7, 11) is 0. The number of carbonyl (C=O) groups is 3. The number of amides is 2. The highest BCUT2D eigenvalue weighted by atomic mass is 19.1. The van der Waals surface area contributed by atoms with Gasteiger partial charge >= 0.3 is 5.97 Å². The number of hydrogen-bond acceptors (Lipinski definition) is 3. The molecule has 1 saturated heterocycles. The number of halogens is 1. The largest absolute Gasteiger partial charge is 0.480 e. The van der Waals surface area contributed by atoms with Crippen molar-refractivity contribution >= 4 is 28.7 Å². The van der Waals surface area contributed by atoms with Gasteiger partial charge in [-0.1, -0.05) is 20.3 Å². The number of aromatic amines is 1. The SMILES string of the molecule is CC[C@H](C)[C@H](NC(=O)[C@@H]1Cc2c([nH]c3cc(F)ccc23)[C@H]2CCC(=O)N21)C(=O)O. The Kier molecular flexibility index (Phi) is 4.80. The van der Waals surface area contributed by atoms with Gasteiger partial charge in [0.1, 0.15) is 17.9 Å². The zero-order valence-corrected chi connectivity index (χ0v) is 16.4. The van der Waals surface area contributed by atoms with Crippen molar-refractivity contribution in [3.05, 3.63) is 35.3 Å². The second-order valence-corrected chi connectivity index (χ2v) is 7.99. The van der Waals surface area contributed by atoms with Gasteiger partial charge in [0.05, 0.1) is 6.04 Å². The summed E-state index contributed by atoms with van der Waals surface area (Å²) in [6.45, 7) is 3.64. The number of nitrogens with one attached hydrogen (secondary N) is 2.